The van der Waals surface area contributed by atoms with Gasteiger partial charge in [0.05, 0.1) is 16.8 Å². The summed E-state index contributed by atoms with van der Waals surface area (Å²) >= 11 is 3.31. The average Bonchev–Trinajstić information content (AvgIpc) is 2.68. The van der Waals surface area contributed by atoms with Crippen molar-refractivity contribution in [1.29, 1.82) is 0 Å². The van der Waals surface area contributed by atoms with Crippen LogP contribution in [-0.4, -0.2) is 50.3 Å². The van der Waals surface area contributed by atoms with E-state index in [4.69, 9.17) is 0 Å². The molecule has 0 unspecified atom stereocenters. The number of hydrogen-bond donors (Lipinski definition) is 1. The number of nitrogens with one attached hydrogen (secondary N) is 1. The van der Waals surface area contributed by atoms with Crippen LogP contribution >= 0.6 is 15.9 Å². The minimum atomic E-state index is -3.75. The van der Waals surface area contributed by atoms with Crippen LogP contribution in [0.15, 0.2) is 52.0 Å². The zero-order valence-electron chi connectivity index (χ0n) is 15.8. The largest absolute Gasteiger partial charge is 0.363 e. The van der Waals surface area contributed by atoms with Gasteiger partial charge in [-0.15, -0.1) is 0 Å². The van der Waals surface area contributed by atoms with E-state index in [1.54, 1.807) is 42.6 Å². The molecule has 1 N–H and O–H groups in total. The molecule has 9 heteroatoms. The zero-order valence-corrected chi connectivity index (χ0v) is 18.2. The predicted molar refractivity (Wildman–Crippen MR) is 113 cm³/mol. The number of amides is 1. The van der Waals surface area contributed by atoms with Gasteiger partial charge in [-0.2, -0.15) is 4.31 Å². The molecule has 1 fully saturated rings. The summed E-state index contributed by atoms with van der Waals surface area (Å²) in [5.41, 5.74) is 0.544. The lowest BCUT2D eigenvalue weighted by molar-refractivity contribution is -0.120. The number of hydrogen-bond acceptors (Lipinski definition) is 5. The van der Waals surface area contributed by atoms with E-state index in [-0.39, 0.29) is 10.8 Å². The van der Waals surface area contributed by atoms with E-state index in [1.807, 2.05) is 19.0 Å². The molecular formula is C19H23BrN4O3S. The number of carbonyl (C=O) groups is 1. The van der Waals surface area contributed by atoms with E-state index < -0.39 is 16.1 Å². The minimum absolute atomic E-state index is 0.187. The van der Waals surface area contributed by atoms with Gasteiger partial charge < -0.3 is 10.2 Å². The third kappa shape index (κ3) is 4.53. The van der Waals surface area contributed by atoms with E-state index in [2.05, 4.69) is 26.2 Å². The standard InChI is InChI=1S/C19H23BrN4O3S/c1-23(2)18-11-8-15(13-21-18)22-19(25)17-5-3-4-12-24(17)28(26,27)16-9-6-14(20)7-10-16/h6-11,13,17H,3-5,12H2,1-2H3,(H,22,25)/t17-/m1/s1. The van der Waals surface area contributed by atoms with Gasteiger partial charge >= 0.3 is 0 Å². The summed E-state index contributed by atoms with van der Waals surface area (Å²) in [5.74, 6) is 0.440. The fraction of sp³-hybridized carbons (Fsp3) is 0.368. The molecule has 0 radical (unpaired) electrons. The van der Waals surface area contributed by atoms with Crippen LogP contribution in [0.1, 0.15) is 19.3 Å². The second kappa shape index (κ2) is 8.59. The first-order valence-corrected chi connectivity index (χ1v) is 11.2. The molecule has 2 aromatic rings. The molecule has 2 heterocycles. The number of rotatable bonds is 5. The van der Waals surface area contributed by atoms with Gasteiger partial charge in [0, 0.05) is 25.1 Å². The van der Waals surface area contributed by atoms with E-state index in [0.29, 0.717) is 18.7 Å². The Balaban J connectivity index is 1.80. The number of halogens is 1. The Morgan fingerprint density at radius 2 is 1.89 bits per heavy atom. The molecule has 0 saturated carbocycles. The molecule has 0 spiro atoms. The maximum atomic E-state index is 13.1. The number of carbonyl (C=O) groups excluding carboxylic acids is 1. The molecule has 1 aliphatic heterocycles. The van der Waals surface area contributed by atoms with E-state index in [1.165, 1.54) is 4.31 Å². The summed E-state index contributed by atoms with van der Waals surface area (Å²) in [7, 11) is 0.0110. The van der Waals surface area contributed by atoms with Crippen molar-refractivity contribution in [2.75, 3.05) is 30.9 Å². The molecule has 1 atom stereocenters. The van der Waals surface area contributed by atoms with Crippen LogP contribution in [0.25, 0.3) is 0 Å². The van der Waals surface area contributed by atoms with Gasteiger partial charge in [-0.1, -0.05) is 22.4 Å². The number of nitrogens with zero attached hydrogens (tertiary/aromatic N) is 3. The number of pyridine rings is 1. The third-order valence-corrected chi connectivity index (χ3v) is 7.10. The number of aromatic nitrogens is 1. The van der Waals surface area contributed by atoms with Crippen LogP contribution in [0.4, 0.5) is 11.5 Å². The number of piperidine rings is 1. The molecule has 0 aliphatic carbocycles. The Hall–Kier alpha value is -1.97. The van der Waals surface area contributed by atoms with Crippen molar-refractivity contribution in [3.8, 4) is 0 Å². The van der Waals surface area contributed by atoms with Crippen LogP contribution < -0.4 is 10.2 Å². The van der Waals surface area contributed by atoms with Crippen molar-refractivity contribution in [3.63, 3.8) is 0 Å². The fourth-order valence-electron chi connectivity index (χ4n) is 3.15. The third-order valence-electron chi connectivity index (χ3n) is 4.65. The first kappa shape index (κ1) is 20.8. The van der Waals surface area contributed by atoms with Crippen LogP contribution in [0.5, 0.6) is 0 Å². The molecule has 1 aromatic heterocycles. The van der Waals surface area contributed by atoms with Gasteiger partial charge in [0.15, 0.2) is 0 Å². The average molecular weight is 467 g/mol. The van der Waals surface area contributed by atoms with Crippen LogP contribution in [0, 0.1) is 0 Å². The summed E-state index contributed by atoms with van der Waals surface area (Å²) < 4.78 is 28.3. The molecule has 150 valence electrons. The molecule has 1 aliphatic rings. The quantitative estimate of drug-likeness (QED) is 0.731. The summed E-state index contributed by atoms with van der Waals surface area (Å²) in [6.45, 7) is 0.328. The smallest absolute Gasteiger partial charge is 0.243 e. The van der Waals surface area contributed by atoms with Crippen molar-refractivity contribution < 1.29 is 13.2 Å². The number of sulfonamides is 1. The molecule has 1 aromatic carbocycles. The van der Waals surface area contributed by atoms with Crippen molar-refractivity contribution in [1.82, 2.24) is 9.29 Å². The topological polar surface area (TPSA) is 82.6 Å². The maximum absolute atomic E-state index is 13.1. The Morgan fingerprint density at radius 3 is 2.50 bits per heavy atom. The lowest BCUT2D eigenvalue weighted by atomic mass is 10.0. The normalized spacial score (nSPS) is 17.9. The highest BCUT2D eigenvalue weighted by atomic mass is 79.9. The SMILES string of the molecule is CN(C)c1ccc(NC(=O)[C@H]2CCCCN2S(=O)(=O)c2ccc(Br)cc2)cn1. The first-order valence-electron chi connectivity index (χ1n) is 9.01. The van der Waals surface area contributed by atoms with E-state index in [9.17, 15) is 13.2 Å². The van der Waals surface area contributed by atoms with Crippen molar-refractivity contribution in [2.24, 2.45) is 0 Å². The fourth-order valence-corrected chi connectivity index (χ4v) is 5.07. The highest BCUT2D eigenvalue weighted by molar-refractivity contribution is 9.10. The van der Waals surface area contributed by atoms with E-state index >= 15 is 0 Å². The molecule has 28 heavy (non-hydrogen) atoms. The second-order valence-electron chi connectivity index (χ2n) is 6.87. The van der Waals surface area contributed by atoms with Gasteiger partial charge in [-0.25, -0.2) is 13.4 Å². The van der Waals surface area contributed by atoms with Gasteiger partial charge in [0.25, 0.3) is 0 Å². The van der Waals surface area contributed by atoms with E-state index in [0.717, 1.165) is 23.1 Å². The molecule has 1 amide bonds. The van der Waals surface area contributed by atoms with Crippen molar-refractivity contribution in [2.45, 2.75) is 30.2 Å². The zero-order chi connectivity index (χ0) is 20.3. The predicted octanol–water partition coefficient (Wildman–Crippen LogP) is 3.09. The Morgan fingerprint density at radius 1 is 1.18 bits per heavy atom. The van der Waals surface area contributed by atoms with Crippen molar-refractivity contribution in [3.05, 3.63) is 47.1 Å². The van der Waals surface area contributed by atoms with Crippen LogP contribution in [0.2, 0.25) is 0 Å². The highest BCUT2D eigenvalue weighted by Crippen LogP contribution is 2.27. The molecule has 1 saturated heterocycles. The summed E-state index contributed by atoms with van der Waals surface area (Å²) in [5, 5.41) is 2.81. The molecule has 3 rings (SSSR count). The first-order chi connectivity index (χ1) is 13.3. The maximum Gasteiger partial charge on any atom is 0.243 e. The summed E-state index contributed by atoms with van der Waals surface area (Å²) in [4.78, 5) is 19.2. The molecule has 0 bridgehead atoms. The lowest BCUT2D eigenvalue weighted by Gasteiger charge is -2.33. The Labute approximate surface area is 173 Å². The van der Waals surface area contributed by atoms with Gasteiger partial charge in [0.1, 0.15) is 11.9 Å². The number of anilines is 2. The molecule has 7 nitrogen and oxygen atoms in total. The van der Waals surface area contributed by atoms with Crippen LogP contribution in [0.3, 0.4) is 0 Å². The van der Waals surface area contributed by atoms with Gasteiger partial charge in [0.2, 0.25) is 15.9 Å². The Kier molecular flexibility index (Phi) is 6.36. The van der Waals surface area contributed by atoms with Crippen LogP contribution in [-0.2, 0) is 14.8 Å². The highest BCUT2D eigenvalue weighted by Gasteiger charge is 2.37. The Bertz CT molecular complexity index is 931. The second-order valence-corrected chi connectivity index (χ2v) is 9.68. The minimum Gasteiger partial charge on any atom is -0.363 e. The molecular weight excluding hydrogens is 444 g/mol. The lowest BCUT2D eigenvalue weighted by Crippen LogP contribution is -2.49. The summed E-state index contributed by atoms with van der Waals surface area (Å²) in [6, 6.07) is 9.28. The van der Waals surface area contributed by atoms with Gasteiger partial charge in [-0.3, -0.25) is 4.79 Å². The number of benzene rings is 1. The van der Waals surface area contributed by atoms with Crippen molar-refractivity contribution >= 4 is 43.4 Å². The monoisotopic (exact) mass is 466 g/mol. The summed E-state index contributed by atoms with van der Waals surface area (Å²) in [6.07, 6.45) is 3.61. The van der Waals surface area contributed by atoms with Gasteiger partial charge in [-0.05, 0) is 49.2 Å².